The van der Waals surface area contributed by atoms with Gasteiger partial charge in [0.05, 0.1) is 0 Å². The Kier molecular flexibility index (Phi) is 2.88. The number of aryl methyl sites for hydroxylation is 1. The zero-order valence-corrected chi connectivity index (χ0v) is 9.93. The molecule has 0 fully saturated rings. The van der Waals surface area contributed by atoms with Crippen molar-refractivity contribution in [3.63, 3.8) is 0 Å². The Labute approximate surface area is 95.5 Å². The van der Waals surface area contributed by atoms with Crippen LogP contribution in [0.25, 0.3) is 0 Å². The van der Waals surface area contributed by atoms with E-state index in [0.29, 0.717) is 11.3 Å². The van der Waals surface area contributed by atoms with Crippen molar-refractivity contribution in [3.8, 4) is 0 Å². The van der Waals surface area contributed by atoms with Gasteiger partial charge >= 0.3 is 0 Å². The molecular weight excluding hydrogens is 230 g/mol. The molecule has 0 atom stereocenters. The van der Waals surface area contributed by atoms with Gasteiger partial charge in [0, 0.05) is 25.0 Å². The van der Waals surface area contributed by atoms with Crippen LogP contribution >= 0.6 is 23.3 Å². The van der Waals surface area contributed by atoms with Crippen LogP contribution in [0.1, 0.15) is 16.1 Å². The molecule has 2 heterocycles. The van der Waals surface area contributed by atoms with E-state index in [4.69, 9.17) is 0 Å². The first-order chi connectivity index (χ1) is 7.22. The average Bonchev–Trinajstić information content (AvgIpc) is 2.84. The van der Waals surface area contributed by atoms with Gasteiger partial charge < -0.3 is 4.57 Å². The molecule has 0 saturated carbocycles. The van der Waals surface area contributed by atoms with Crippen molar-refractivity contribution >= 4 is 29.1 Å². The second kappa shape index (κ2) is 4.16. The molecule has 0 spiro atoms. The third kappa shape index (κ3) is 1.95. The zero-order chi connectivity index (χ0) is 10.8. The van der Waals surface area contributed by atoms with Crippen molar-refractivity contribution in [3.05, 3.63) is 29.7 Å². The molecule has 0 aromatic carbocycles. The first-order valence-electron chi connectivity index (χ1n) is 4.25. The monoisotopic (exact) mass is 239 g/mol. The molecule has 0 aliphatic rings. The van der Waals surface area contributed by atoms with Gasteiger partial charge in [-0.15, -0.1) is 16.9 Å². The Bertz CT molecular complexity index is 489. The fraction of sp³-hybridized carbons (Fsp3) is 0.222. The van der Waals surface area contributed by atoms with Crippen molar-refractivity contribution in [1.82, 2.24) is 14.2 Å². The van der Waals surface area contributed by atoms with E-state index in [0.717, 1.165) is 4.21 Å². The van der Waals surface area contributed by atoms with Gasteiger partial charge in [-0.05, 0) is 23.9 Å². The SMILES string of the molecule is CSc1snnc1C(=O)c1ccn(C)c1. The van der Waals surface area contributed by atoms with Gasteiger partial charge in [0.15, 0.2) is 5.69 Å². The summed E-state index contributed by atoms with van der Waals surface area (Å²) in [5, 5.41) is 3.86. The summed E-state index contributed by atoms with van der Waals surface area (Å²) in [4.78, 5) is 12.0. The lowest BCUT2D eigenvalue weighted by molar-refractivity contribution is 0.103. The molecule has 0 unspecified atom stereocenters. The third-order valence-electron chi connectivity index (χ3n) is 1.95. The van der Waals surface area contributed by atoms with E-state index in [1.165, 1.54) is 23.3 Å². The van der Waals surface area contributed by atoms with E-state index in [-0.39, 0.29) is 5.78 Å². The Morgan fingerprint density at radius 1 is 1.60 bits per heavy atom. The summed E-state index contributed by atoms with van der Waals surface area (Å²) in [5.74, 6) is -0.0614. The number of thioether (sulfide) groups is 1. The summed E-state index contributed by atoms with van der Waals surface area (Å²) < 4.78 is 6.49. The highest BCUT2D eigenvalue weighted by molar-refractivity contribution is 8.00. The maximum absolute atomic E-state index is 12.0. The minimum Gasteiger partial charge on any atom is -0.356 e. The predicted octanol–water partition coefficient (Wildman–Crippen LogP) is 1.83. The Hall–Kier alpha value is -1.14. The van der Waals surface area contributed by atoms with Gasteiger partial charge in [0.1, 0.15) is 4.21 Å². The summed E-state index contributed by atoms with van der Waals surface area (Å²) in [5.41, 5.74) is 1.11. The lowest BCUT2D eigenvalue weighted by Gasteiger charge is -1.94. The molecule has 15 heavy (non-hydrogen) atoms. The first kappa shape index (κ1) is 10.4. The summed E-state index contributed by atoms with van der Waals surface area (Å²) >= 11 is 2.75. The molecule has 2 rings (SSSR count). The van der Waals surface area contributed by atoms with Crippen molar-refractivity contribution in [2.45, 2.75) is 4.21 Å². The van der Waals surface area contributed by atoms with Crippen molar-refractivity contribution in [2.24, 2.45) is 7.05 Å². The van der Waals surface area contributed by atoms with E-state index < -0.39 is 0 Å². The number of hydrogen-bond donors (Lipinski definition) is 0. The quantitative estimate of drug-likeness (QED) is 0.605. The molecule has 4 nitrogen and oxygen atoms in total. The van der Waals surface area contributed by atoms with E-state index in [9.17, 15) is 4.79 Å². The number of nitrogens with zero attached hydrogens (tertiary/aromatic N) is 3. The number of carbonyl (C=O) groups is 1. The first-order valence-corrected chi connectivity index (χ1v) is 6.25. The predicted molar refractivity (Wildman–Crippen MR) is 60.5 cm³/mol. The molecule has 0 aliphatic carbocycles. The maximum Gasteiger partial charge on any atom is 0.216 e. The zero-order valence-electron chi connectivity index (χ0n) is 8.30. The molecule has 6 heteroatoms. The molecule has 2 aromatic heterocycles. The molecule has 0 bridgehead atoms. The van der Waals surface area contributed by atoms with E-state index in [2.05, 4.69) is 9.59 Å². The minimum atomic E-state index is -0.0614. The summed E-state index contributed by atoms with van der Waals surface area (Å²) in [6.45, 7) is 0. The van der Waals surface area contributed by atoms with Crippen LogP contribution in [0.4, 0.5) is 0 Å². The summed E-state index contributed by atoms with van der Waals surface area (Å²) in [6, 6.07) is 1.78. The normalized spacial score (nSPS) is 10.5. The minimum absolute atomic E-state index is 0.0614. The topological polar surface area (TPSA) is 47.8 Å². The van der Waals surface area contributed by atoms with Crippen LogP contribution in [0.3, 0.4) is 0 Å². The highest BCUT2D eigenvalue weighted by Crippen LogP contribution is 2.24. The number of rotatable bonds is 3. The number of ketones is 1. The van der Waals surface area contributed by atoms with Crippen molar-refractivity contribution in [2.75, 3.05) is 6.26 Å². The number of hydrogen-bond acceptors (Lipinski definition) is 5. The Morgan fingerprint density at radius 2 is 2.40 bits per heavy atom. The second-order valence-corrected chi connectivity index (χ2v) is 4.84. The van der Waals surface area contributed by atoms with E-state index in [1.807, 2.05) is 24.1 Å². The van der Waals surface area contributed by atoms with Crippen molar-refractivity contribution < 1.29 is 4.79 Å². The molecule has 0 saturated heterocycles. The van der Waals surface area contributed by atoms with Gasteiger partial charge in [-0.2, -0.15) is 0 Å². The average molecular weight is 239 g/mol. The second-order valence-electron chi connectivity index (χ2n) is 3.01. The van der Waals surface area contributed by atoms with E-state index >= 15 is 0 Å². The maximum atomic E-state index is 12.0. The van der Waals surface area contributed by atoms with Crippen LogP contribution in [0.5, 0.6) is 0 Å². The van der Waals surface area contributed by atoms with Crippen LogP contribution in [-0.4, -0.2) is 26.2 Å². The molecular formula is C9H9N3OS2. The fourth-order valence-electron chi connectivity index (χ4n) is 1.23. The smallest absolute Gasteiger partial charge is 0.216 e. The van der Waals surface area contributed by atoms with Crippen LogP contribution in [-0.2, 0) is 7.05 Å². The number of aromatic nitrogens is 3. The highest BCUT2D eigenvalue weighted by atomic mass is 32.2. The van der Waals surface area contributed by atoms with E-state index in [1.54, 1.807) is 12.3 Å². The third-order valence-corrected chi connectivity index (χ3v) is 3.76. The van der Waals surface area contributed by atoms with Crippen LogP contribution in [0.2, 0.25) is 0 Å². The largest absolute Gasteiger partial charge is 0.356 e. The van der Waals surface area contributed by atoms with Gasteiger partial charge in [0.2, 0.25) is 5.78 Å². The lowest BCUT2D eigenvalue weighted by Crippen LogP contribution is -2.02. The standard InChI is InChI=1S/C9H9N3OS2/c1-12-4-3-6(5-12)8(13)7-9(14-2)15-11-10-7/h3-5H,1-2H3. The molecule has 2 aromatic rings. The van der Waals surface area contributed by atoms with Gasteiger partial charge in [0.25, 0.3) is 0 Å². The molecule has 0 aliphatic heterocycles. The molecule has 0 N–H and O–H groups in total. The summed E-state index contributed by atoms with van der Waals surface area (Å²) in [6.07, 6.45) is 5.54. The molecule has 0 amide bonds. The van der Waals surface area contributed by atoms with Gasteiger partial charge in [-0.3, -0.25) is 4.79 Å². The lowest BCUT2D eigenvalue weighted by atomic mass is 10.2. The van der Waals surface area contributed by atoms with Gasteiger partial charge in [-0.1, -0.05) is 4.49 Å². The molecule has 0 radical (unpaired) electrons. The Morgan fingerprint density at radius 3 is 3.00 bits per heavy atom. The Balaban J connectivity index is 2.36. The van der Waals surface area contributed by atoms with Crippen molar-refractivity contribution in [1.29, 1.82) is 0 Å². The summed E-state index contributed by atoms with van der Waals surface area (Å²) in [7, 11) is 1.88. The van der Waals surface area contributed by atoms with Gasteiger partial charge in [-0.25, -0.2) is 0 Å². The number of carbonyl (C=O) groups excluding carboxylic acids is 1. The van der Waals surface area contributed by atoms with Crippen LogP contribution < -0.4 is 0 Å². The van der Waals surface area contributed by atoms with Crippen LogP contribution in [0, 0.1) is 0 Å². The van der Waals surface area contributed by atoms with Crippen LogP contribution in [0.15, 0.2) is 22.7 Å². The highest BCUT2D eigenvalue weighted by Gasteiger charge is 2.18. The molecule has 78 valence electrons. The fourth-order valence-corrected chi connectivity index (χ4v) is 2.37.